The lowest BCUT2D eigenvalue weighted by atomic mass is 9.44. The molecule has 0 aliphatic heterocycles. The molecule has 0 bridgehead atoms. The molecule has 158 valence electrons. The zero-order chi connectivity index (χ0) is 20.3. The lowest BCUT2D eigenvalue weighted by Crippen LogP contribution is -2.55. The van der Waals surface area contributed by atoms with Crippen molar-refractivity contribution in [2.75, 3.05) is 0 Å². The van der Waals surface area contributed by atoms with Gasteiger partial charge in [-0.2, -0.15) is 0 Å². The van der Waals surface area contributed by atoms with E-state index in [4.69, 9.17) is 4.99 Å². The summed E-state index contributed by atoms with van der Waals surface area (Å²) >= 11 is 0. The normalized spacial score (nSPS) is 48.1. The molecule has 1 heterocycles. The van der Waals surface area contributed by atoms with Crippen LogP contribution in [0.25, 0.3) is 0 Å². The zero-order valence-corrected chi connectivity index (χ0v) is 18.5. The summed E-state index contributed by atoms with van der Waals surface area (Å²) in [6.45, 7) is 7.91. The fraction of sp³-hybridized carbons (Fsp3) is 0.769. The number of fused-ring (bicyclic) bond motifs is 5. The van der Waals surface area contributed by atoms with E-state index in [1.807, 2.05) is 12.3 Å². The van der Waals surface area contributed by atoms with E-state index < -0.39 is 5.60 Å². The predicted molar refractivity (Wildman–Crippen MR) is 118 cm³/mol. The molecule has 0 radical (unpaired) electrons. The lowest BCUT2D eigenvalue weighted by Gasteiger charge is -2.61. The third-order valence-corrected chi connectivity index (χ3v) is 9.85. The van der Waals surface area contributed by atoms with Gasteiger partial charge in [-0.1, -0.05) is 19.9 Å². The molecule has 1 aromatic heterocycles. The minimum absolute atomic E-state index is 0.305. The molecular weight excluding hydrogens is 356 g/mol. The third kappa shape index (κ3) is 3.19. The highest BCUT2D eigenvalue weighted by Gasteiger charge is 2.60. The summed E-state index contributed by atoms with van der Waals surface area (Å²) in [6, 6.07) is 6.13. The number of aliphatic imine (C=N–C) groups is 1. The first-order chi connectivity index (χ1) is 13.8. The Morgan fingerprint density at radius 1 is 1.03 bits per heavy atom. The summed E-state index contributed by atoms with van der Waals surface area (Å²) in [6.07, 6.45) is 13.0. The van der Waals surface area contributed by atoms with Crippen LogP contribution in [-0.2, 0) is 6.54 Å². The quantitative estimate of drug-likeness (QED) is 0.687. The van der Waals surface area contributed by atoms with Gasteiger partial charge in [0.05, 0.1) is 17.8 Å². The van der Waals surface area contributed by atoms with Crippen LogP contribution in [0.5, 0.6) is 0 Å². The van der Waals surface area contributed by atoms with Gasteiger partial charge in [0.15, 0.2) is 0 Å². The standard InChI is InChI=1S/C26H38N2O/c1-24(29)13-14-25(2)18(16-24)7-8-20-21-9-10-23(26(21,3)12-11-22(20)25)28-17-19-6-4-5-15-27-19/h4-6,15,18,20-22,29H,7-14,16-17H2,1-3H3/t18-,20-,21-,22-,24+,25-,26-/m0/s1. The Labute approximate surface area is 176 Å². The highest BCUT2D eigenvalue weighted by atomic mass is 16.3. The van der Waals surface area contributed by atoms with Crippen molar-refractivity contribution in [3.05, 3.63) is 30.1 Å². The first-order valence-electron chi connectivity index (χ1n) is 12.0. The molecule has 1 aromatic rings. The zero-order valence-electron chi connectivity index (χ0n) is 18.5. The van der Waals surface area contributed by atoms with Gasteiger partial charge in [-0.25, -0.2) is 0 Å². The molecule has 7 atom stereocenters. The van der Waals surface area contributed by atoms with Gasteiger partial charge in [-0.05, 0) is 106 Å². The van der Waals surface area contributed by atoms with Crippen LogP contribution in [0, 0.1) is 34.5 Å². The van der Waals surface area contributed by atoms with Gasteiger partial charge in [0.1, 0.15) is 0 Å². The number of pyridine rings is 1. The van der Waals surface area contributed by atoms with Crippen LogP contribution in [0.3, 0.4) is 0 Å². The smallest absolute Gasteiger partial charge is 0.0811 e. The minimum Gasteiger partial charge on any atom is -0.390 e. The van der Waals surface area contributed by atoms with Crippen LogP contribution in [0.4, 0.5) is 0 Å². The van der Waals surface area contributed by atoms with Gasteiger partial charge >= 0.3 is 0 Å². The van der Waals surface area contributed by atoms with Crippen LogP contribution >= 0.6 is 0 Å². The maximum absolute atomic E-state index is 10.7. The summed E-state index contributed by atoms with van der Waals surface area (Å²) < 4.78 is 0. The van der Waals surface area contributed by atoms with Crippen molar-refractivity contribution in [3.8, 4) is 0 Å². The van der Waals surface area contributed by atoms with Gasteiger partial charge in [0, 0.05) is 17.3 Å². The number of hydrogen-bond acceptors (Lipinski definition) is 3. The Morgan fingerprint density at radius 2 is 1.90 bits per heavy atom. The Bertz CT molecular complexity index is 787. The SMILES string of the molecule is C[C@@]1(O)CC[C@@]2(C)[C@@H](CC[C@@H]3[C@@H]2CC[C@]2(C)C(=NCc4ccccn4)CC[C@@H]32)C1. The predicted octanol–water partition coefficient (Wildman–Crippen LogP) is 5.82. The van der Waals surface area contributed by atoms with Crippen molar-refractivity contribution in [3.63, 3.8) is 0 Å². The van der Waals surface area contributed by atoms with Crippen LogP contribution in [0.1, 0.15) is 84.3 Å². The van der Waals surface area contributed by atoms with Crippen LogP contribution in [-0.4, -0.2) is 21.4 Å². The van der Waals surface area contributed by atoms with E-state index in [1.165, 1.54) is 50.7 Å². The Balaban J connectivity index is 1.36. The molecular formula is C26H38N2O. The second-order valence-corrected chi connectivity index (χ2v) is 11.4. The molecule has 29 heavy (non-hydrogen) atoms. The molecule has 4 aliphatic rings. The molecule has 4 fully saturated rings. The summed E-state index contributed by atoms with van der Waals surface area (Å²) in [5, 5.41) is 10.7. The van der Waals surface area contributed by atoms with E-state index >= 15 is 0 Å². The van der Waals surface area contributed by atoms with Gasteiger partial charge < -0.3 is 5.11 Å². The van der Waals surface area contributed by atoms with Gasteiger partial charge in [0.25, 0.3) is 0 Å². The maximum Gasteiger partial charge on any atom is 0.0811 e. The average molecular weight is 395 g/mol. The second kappa shape index (κ2) is 6.90. The van der Waals surface area contributed by atoms with Gasteiger partial charge in [-0.15, -0.1) is 0 Å². The third-order valence-electron chi connectivity index (χ3n) is 9.85. The molecule has 0 spiro atoms. The van der Waals surface area contributed by atoms with E-state index in [2.05, 4.69) is 37.9 Å². The Morgan fingerprint density at radius 3 is 2.69 bits per heavy atom. The number of hydrogen-bond donors (Lipinski definition) is 1. The van der Waals surface area contributed by atoms with E-state index in [1.54, 1.807) is 0 Å². The van der Waals surface area contributed by atoms with Crippen LogP contribution < -0.4 is 0 Å². The fourth-order valence-electron chi connectivity index (χ4n) is 8.15. The molecule has 3 nitrogen and oxygen atoms in total. The minimum atomic E-state index is -0.432. The largest absolute Gasteiger partial charge is 0.390 e. The number of nitrogens with zero attached hydrogens (tertiary/aromatic N) is 2. The monoisotopic (exact) mass is 394 g/mol. The average Bonchev–Trinajstić information content (AvgIpc) is 3.04. The highest BCUT2D eigenvalue weighted by molar-refractivity contribution is 5.92. The van der Waals surface area contributed by atoms with Crippen molar-refractivity contribution in [1.29, 1.82) is 0 Å². The van der Waals surface area contributed by atoms with Crippen LogP contribution in [0.15, 0.2) is 29.4 Å². The summed E-state index contributed by atoms with van der Waals surface area (Å²) in [7, 11) is 0. The molecule has 0 aromatic carbocycles. The van der Waals surface area contributed by atoms with Gasteiger partial charge in [-0.3, -0.25) is 9.98 Å². The molecule has 0 saturated heterocycles. The molecule has 3 heteroatoms. The summed E-state index contributed by atoms with van der Waals surface area (Å²) in [4.78, 5) is 9.60. The first kappa shape index (κ1) is 19.7. The molecule has 0 amide bonds. The number of aliphatic hydroxyl groups is 1. The van der Waals surface area contributed by atoms with Crippen molar-refractivity contribution in [2.24, 2.45) is 39.5 Å². The van der Waals surface area contributed by atoms with Gasteiger partial charge in [0.2, 0.25) is 0 Å². The molecule has 4 saturated carbocycles. The van der Waals surface area contributed by atoms with E-state index in [9.17, 15) is 5.11 Å². The van der Waals surface area contributed by atoms with Crippen molar-refractivity contribution in [2.45, 2.75) is 90.7 Å². The first-order valence-corrected chi connectivity index (χ1v) is 12.0. The van der Waals surface area contributed by atoms with Crippen LogP contribution in [0.2, 0.25) is 0 Å². The molecule has 5 rings (SSSR count). The summed E-state index contributed by atoms with van der Waals surface area (Å²) in [5.41, 5.74) is 2.88. The van der Waals surface area contributed by atoms with E-state index in [0.717, 1.165) is 48.8 Å². The maximum atomic E-state index is 10.7. The Hall–Kier alpha value is -1.22. The molecule has 4 aliphatic carbocycles. The van der Waals surface area contributed by atoms with Crippen molar-refractivity contribution >= 4 is 5.71 Å². The topological polar surface area (TPSA) is 45.5 Å². The second-order valence-electron chi connectivity index (χ2n) is 11.4. The highest BCUT2D eigenvalue weighted by Crippen LogP contribution is 2.66. The Kier molecular flexibility index (Phi) is 4.70. The summed E-state index contributed by atoms with van der Waals surface area (Å²) in [5.74, 6) is 3.24. The molecule has 1 N–H and O–H groups in total. The van der Waals surface area contributed by atoms with E-state index in [-0.39, 0.29) is 0 Å². The van der Waals surface area contributed by atoms with Crippen molar-refractivity contribution < 1.29 is 5.11 Å². The lowest BCUT2D eigenvalue weighted by molar-refractivity contribution is -0.137. The number of aromatic nitrogens is 1. The number of rotatable bonds is 2. The van der Waals surface area contributed by atoms with Crippen molar-refractivity contribution in [1.82, 2.24) is 4.98 Å². The fourth-order valence-corrected chi connectivity index (χ4v) is 8.15. The molecule has 0 unspecified atom stereocenters. The van der Waals surface area contributed by atoms with E-state index in [0.29, 0.717) is 10.8 Å².